The zero-order valence-electron chi connectivity index (χ0n) is 10.7. The maximum atomic E-state index is 12.2. The zero-order valence-corrected chi connectivity index (χ0v) is 10.7. The molecule has 1 amide bonds. The Morgan fingerprint density at radius 1 is 1.42 bits per heavy atom. The molecule has 2 aromatic rings. The van der Waals surface area contributed by atoms with Gasteiger partial charge in [0.25, 0.3) is 5.91 Å². The van der Waals surface area contributed by atoms with Crippen molar-refractivity contribution in [2.24, 2.45) is 0 Å². The number of nitrogens with zero attached hydrogens (tertiary/aromatic N) is 4. The molecule has 6 heteroatoms. The molecule has 0 aromatic carbocycles. The molecule has 2 aromatic heterocycles. The third-order valence-electron chi connectivity index (χ3n) is 3.53. The smallest absolute Gasteiger partial charge is 0.274 e. The Morgan fingerprint density at radius 3 is 3.00 bits per heavy atom. The van der Waals surface area contributed by atoms with Crippen molar-refractivity contribution in [3.63, 3.8) is 0 Å². The molecule has 0 unspecified atom stereocenters. The topological polar surface area (TPSA) is 74.8 Å². The molecule has 0 radical (unpaired) electrons. The van der Waals surface area contributed by atoms with Crippen LogP contribution < -0.4 is 0 Å². The maximum absolute atomic E-state index is 12.2. The molecule has 19 heavy (non-hydrogen) atoms. The molecule has 1 saturated heterocycles. The van der Waals surface area contributed by atoms with Crippen molar-refractivity contribution < 1.29 is 4.79 Å². The number of aromatic nitrogens is 4. The first kappa shape index (κ1) is 11.8. The Kier molecular flexibility index (Phi) is 2.98. The molecule has 0 spiro atoms. The van der Waals surface area contributed by atoms with Crippen molar-refractivity contribution in [3.05, 3.63) is 41.7 Å². The Labute approximate surface area is 110 Å². The summed E-state index contributed by atoms with van der Waals surface area (Å²) in [6.45, 7) is 3.49. The van der Waals surface area contributed by atoms with Gasteiger partial charge in [0.1, 0.15) is 5.69 Å². The number of hydrogen-bond donors (Lipinski definition) is 1. The van der Waals surface area contributed by atoms with Crippen LogP contribution in [0.4, 0.5) is 0 Å². The second-order valence-electron chi connectivity index (χ2n) is 4.79. The van der Waals surface area contributed by atoms with Crippen molar-refractivity contribution in [2.75, 3.05) is 13.1 Å². The van der Waals surface area contributed by atoms with E-state index in [1.165, 1.54) is 6.20 Å². The van der Waals surface area contributed by atoms with Gasteiger partial charge in [-0.1, -0.05) is 0 Å². The molecular weight excluding hydrogens is 242 g/mol. The summed E-state index contributed by atoms with van der Waals surface area (Å²) in [5.41, 5.74) is 2.69. The third-order valence-corrected chi connectivity index (χ3v) is 3.53. The van der Waals surface area contributed by atoms with Crippen molar-refractivity contribution in [1.29, 1.82) is 0 Å². The minimum atomic E-state index is -0.0484. The van der Waals surface area contributed by atoms with Gasteiger partial charge in [0, 0.05) is 37.1 Å². The van der Waals surface area contributed by atoms with Crippen LogP contribution >= 0.6 is 0 Å². The first-order valence-corrected chi connectivity index (χ1v) is 6.31. The van der Waals surface area contributed by atoms with Crippen LogP contribution in [-0.4, -0.2) is 44.1 Å². The number of rotatable bonds is 2. The van der Waals surface area contributed by atoms with E-state index in [0.717, 1.165) is 24.2 Å². The van der Waals surface area contributed by atoms with Crippen LogP contribution in [0.3, 0.4) is 0 Å². The number of aromatic amines is 1. The quantitative estimate of drug-likeness (QED) is 0.875. The van der Waals surface area contributed by atoms with Crippen LogP contribution in [0.5, 0.6) is 0 Å². The van der Waals surface area contributed by atoms with Crippen molar-refractivity contribution in [3.8, 4) is 0 Å². The van der Waals surface area contributed by atoms with E-state index < -0.39 is 0 Å². The molecule has 1 N–H and O–H groups in total. The summed E-state index contributed by atoms with van der Waals surface area (Å²) in [4.78, 5) is 22.1. The number of carbonyl (C=O) groups excluding carboxylic acids is 1. The lowest BCUT2D eigenvalue weighted by Crippen LogP contribution is -2.29. The van der Waals surface area contributed by atoms with Gasteiger partial charge in [-0.05, 0) is 18.9 Å². The van der Waals surface area contributed by atoms with Gasteiger partial charge in [-0.2, -0.15) is 5.10 Å². The van der Waals surface area contributed by atoms with Crippen LogP contribution in [0.2, 0.25) is 0 Å². The number of likely N-dealkylation sites (tertiary alicyclic amines) is 1. The average Bonchev–Trinajstić information content (AvgIpc) is 3.07. The lowest BCUT2D eigenvalue weighted by atomic mass is 10.0. The number of hydrogen-bond acceptors (Lipinski definition) is 4. The first-order valence-electron chi connectivity index (χ1n) is 6.31. The van der Waals surface area contributed by atoms with Gasteiger partial charge in [-0.25, -0.2) is 4.98 Å². The minimum Gasteiger partial charge on any atom is -0.337 e. The van der Waals surface area contributed by atoms with E-state index in [9.17, 15) is 4.79 Å². The normalized spacial score (nSPS) is 18.8. The Bertz CT molecular complexity index is 580. The van der Waals surface area contributed by atoms with Gasteiger partial charge in [-0.3, -0.25) is 14.9 Å². The monoisotopic (exact) mass is 257 g/mol. The average molecular weight is 257 g/mol. The van der Waals surface area contributed by atoms with Crippen LogP contribution in [-0.2, 0) is 0 Å². The van der Waals surface area contributed by atoms with E-state index >= 15 is 0 Å². The van der Waals surface area contributed by atoms with E-state index in [2.05, 4.69) is 20.2 Å². The second-order valence-corrected chi connectivity index (χ2v) is 4.79. The van der Waals surface area contributed by atoms with Crippen molar-refractivity contribution in [1.82, 2.24) is 25.1 Å². The first-order chi connectivity index (χ1) is 9.25. The summed E-state index contributed by atoms with van der Waals surface area (Å²) in [7, 11) is 0. The highest BCUT2D eigenvalue weighted by atomic mass is 16.2. The number of carbonyl (C=O) groups is 1. The molecule has 1 fully saturated rings. The van der Waals surface area contributed by atoms with Gasteiger partial charge >= 0.3 is 0 Å². The SMILES string of the molecule is Cc1cn[nH]c1[C@H]1CCN(C(=O)c2cnccn2)C1. The molecule has 3 rings (SSSR count). The van der Waals surface area contributed by atoms with E-state index in [1.807, 2.05) is 18.0 Å². The Hall–Kier alpha value is -2.24. The molecule has 0 aliphatic carbocycles. The van der Waals surface area contributed by atoms with Gasteiger partial charge in [0.15, 0.2) is 0 Å². The predicted molar refractivity (Wildman–Crippen MR) is 68.6 cm³/mol. The third kappa shape index (κ3) is 2.21. The molecule has 3 heterocycles. The number of amides is 1. The molecule has 1 aliphatic heterocycles. The van der Waals surface area contributed by atoms with Crippen LogP contribution in [0, 0.1) is 6.92 Å². The fourth-order valence-electron chi connectivity index (χ4n) is 2.52. The largest absolute Gasteiger partial charge is 0.337 e. The molecule has 6 nitrogen and oxygen atoms in total. The summed E-state index contributed by atoms with van der Waals surface area (Å²) in [6, 6.07) is 0. The lowest BCUT2D eigenvalue weighted by molar-refractivity contribution is 0.0784. The fourth-order valence-corrected chi connectivity index (χ4v) is 2.52. The predicted octanol–water partition coefficient (Wildman–Crippen LogP) is 1.14. The Balaban J connectivity index is 1.73. The fraction of sp³-hybridized carbons (Fsp3) is 0.385. The standard InChI is InChI=1S/C13H15N5O/c1-9-6-16-17-12(9)10-2-5-18(8-10)13(19)11-7-14-3-4-15-11/h3-4,6-7,10H,2,5,8H2,1H3,(H,16,17)/t10-/m0/s1. The summed E-state index contributed by atoms with van der Waals surface area (Å²) >= 11 is 0. The summed E-state index contributed by atoms with van der Waals surface area (Å²) in [5, 5.41) is 7.07. The number of aryl methyl sites for hydroxylation is 1. The van der Waals surface area contributed by atoms with Gasteiger partial charge in [0.05, 0.1) is 12.4 Å². The number of H-pyrrole nitrogens is 1. The molecule has 1 atom stereocenters. The second kappa shape index (κ2) is 4.79. The van der Waals surface area contributed by atoms with Gasteiger partial charge < -0.3 is 4.90 Å². The molecule has 0 bridgehead atoms. The van der Waals surface area contributed by atoms with Crippen molar-refractivity contribution in [2.45, 2.75) is 19.3 Å². The van der Waals surface area contributed by atoms with E-state index in [-0.39, 0.29) is 5.91 Å². The molecule has 1 aliphatic rings. The van der Waals surface area contributed by atoms with E-state index in [4.69, 9.17) is 0 Å². The molecular formula is C13H15N5O. The minimum absolute atomic E-state index is 0.0484. The highest BCUT2D eigenvalue weighted by Gasteiger charge is 2.30. The maximum Gasteiger partial charge on any atom is 0.274 e. The number of nitrogens with one attached hydrogen (secondary N) is 1. The van der Waals surface area contributed by atoms with E-state index in [0.29, 0.717) is 18.2 Å². The highest BCUT2D eigenvalue weighted by molar-refractivity contribution is 5.92. The molecule has 0 saturated carbocycles. The van der Waals surface area contributed by atoms with Gasteiger partial charge in [0.2, 0.25) is 0 Å². The van der Waals surface area contributed by atoms with Crippen LogP contribution in [0.25, 0.3) is 0 Å². The van der Waals surface area contributed by atoms with Gasteiger partial charge in [-0.15, -0.1) is 0 Å². The summed E-state index contributed by atoms with van der Waals surface area (Å²) in [6.07, 6.45) is 7.39. The lowest BCUT2D eigenvalue weighted by Gasteiger charge is -2.15. The molecule has 98 valence electrons. The highest BCUT2D eigenvalue weighted by Crippen LogP contribution is 2.28. The zero-order chi connectivity index (χ0) is 13.2. The van der Waals surface area contributed by atoms with Crippen LogP contribution in [0.15, 0.2) is 24.8 Å². The van der Waals surface area contributed by atoms with E-state index in [1.54, 1.807) is 12.4 Å². The Morgan fingerprint density at radius 2 is 2.32 bits per heavy atom. The van der Waals surface area contributed by atoms with Crippen molar-refractivity contribution >= 4 is 5.91 Å². The van der Waals surface area contributed by atoms with Crippen LogP contribution in [0.1, 0.15) is 34.1 Å². The summed E-state index contributed by atoms with van der Waals surface area (Å²) in [5.74, 6) is 0.288. The summed E-state index contributed by atoms with van der Waals surface area (Å²) < 4.78 is 0.